The molecule has 0 aliphatic carbocycles. The van der Waals surface area contributed by atoms with Gasteiger partial charge in [0.05, 0.1) is 15.3 Å². The number of rotatable bonds is 2. The highest BCUT2D eigenvalue weighted by Crippen LogP contribution is 2.36. The fraction of sp³-hybridized carbons (Fsp3) is 0.143. The highest BCUT2D eigenvalue weighted by atomic mass is 32.2. The van der Waals surface area contributed by atoms with Crippen LogP contribution >= 0.6 is 11.8 Å². The van der Waals surface area contributed by atoms with Gasteiger partial charge in [-0.2, -0.15) is 0 Å². The Labute approximate surface area is 114 Å². The van der Waals surface area contributed by atoms with Crippen molar-refractivity contribution in [1.82, 2.24) is 4.57 Å². The molecule has 0 aliphatic rings. The highest BCUT2D eigenvalue weighted by Gasteiger charge is 2.18. The first-order valence-electron chi connectivity index (χ1n) is 5.83. The number of para-hydroxylation sites is 1. The number of fused-ring (bicyclic) bond motifs is 3. The number of hydrogen-bond donors (Lipinski definition) is 0. The van der Waals surface area contributed by atoms with Crippen molar-refractivity contribution in [2.75, 3.05) is 6.26 Å². The van der Waals surface area contributed by atoms with Crippen LogP contribution in [0.2, 0.25) is 0 Å². The Bertz CT molecular complexity index is 808. The predicted molar refractivity (Wildman–Crippen MR) is 78.9 cm³/mol. The van der Waals surface area contributed by atoms with Crippen LogP contribution in [0.5, 0.6) is 0 Å². The minimum Gasteiger partial charge on any atom is -0.344 e. The molecular weight excluding hydrogens is 260 g/mol. The van der Waals surface area contributed by atoms with Crippen molar-refractivity contribution in [3.05, 3.63) is 46.5 Å². The summed E-state index contributed by atoms with van der Waals surface area (Å²) in [5.74, 6) is 0. The monoisotopic (exact) mass is 272 g/mol. The molecule has 1 heterocycles. The average molecular weight is 272 g/mol. The van der Waals surface area contributed by atoms with Crippen LogP contribution in [0.1, 0.15) is 0 Å². The second-order valence-corrected chi connectivity index (χ2v) is 5.22. The first-order chi connectivity index (χ1) is 9.13. The quantitative estimate of drug-likeness (QED) is 0.403. The third kappa shape index (κ3) is 1.69. The van der Waals surface area contributed by atoms with Crippen molar-refractivity contribution in [3.8, 4) is 0 Å². The van der Waals surface area contributed by atoms with Crippen molar-refractivity contribution in [1.29, 1.82) is 0 Å². The second-order valence-electron chi connectivity index (χ2n) is 4.37. The Balaban J connectivity index is 2.50. The molecule has 4 nitrogen and oxygen atoms in total. The lowest BCUT2D eigenvalue weighted by Crippen LogP contribution is -1.92. The van der Waals surface area contributed by atoms with E-state index in [4.69, 9.17) is 0 Å². The molecule has 19 heavy (non-hydrogen) atoms. The van der Waals surface area contributed by atoms with E-state index in [0.29, 0.717) is 4.90 Å². The Morgan fingerprint density at radius 3 is 2.58 bits per heavy atom. The average Bonchev–Trinajstić information content (AvgIpc) is 2.71. The maximum absolute atomic E-state index is 11.2. The van der Waals surface area contributed by atoms with Gasteiger partial charge in [-0.15, -0.1) is 11.8 Å². The lowest BCUT2D eigenvalue weighted by molar-refractivity contribution is -0.387. The minimum atomic E-state index is -0.312. The van der Waals surface area contributed by atoms with Crippen LogP contribution in [-0.2, 0) is 7.05 Å². The maximum Gasteiger partial charge on any atom is 0.283 e. The number of nitrogens with zero attached hydrogens (tertiary/aromatic N) is 2. The van der Waals surface area contributed by atoms with E-state index in [0.717, 1.165) is 21.8 Å². The largest absolute Gasteiger partial charge is 0.344 e. The molecule has 0 N–H and O–H groups in total. The molecule has 0 fully saturated rings. The van der Waals surface area contributed by atoms with E-state index < -0.39 is 0 Å². The molecule has 5 heteroatoms. The number of benzene rings is 2. The van der Waals surface area contributed by atoms with Gasteiger partial charge in [0.15, 0.2) is 0 Å². The predicted octanol–water partition coefficient (Wildman–Crippen LogP) is 3.96. The van der Waals surface area contributed by atoms with Crippen molar-refractivity contribution in [2.24, 2.45) is 7.05 Å². The SMILES string of the molecule is CSc1cc2c(cc1[N+](=O)[O-])c1ccccc1n2C. The molecule has 96 valence electrons. The summed E-state index contributed by atoms with van der Waals surface area (Å²) in [6.07, 6.45) is 1.86. The summed E-state index contributed by atoms with van der Waals surface area (Å²) in [7, 11) is 1.99. The Kier molecular flexibility index (Phi) is 2.71. The molecule has 1 aromatic heterocycles. The summed E-state index contributed by atoms with van der Waals surface area (Å²) in [4.78, 5) is 11.5. The lowest BCUT2D eigenvalue weighted by atomic mass is 10.1. The Morgan fingerprint density at radius 2 is 1.89 bits per heavy atom. The molecule has 0 amide bonds. The van der Waals surface area contributed by atoms with E-state index in [1.165, 1.54) is 11.8 Å². The number of nitro benzene ring substituents is 1. The van der Waals surface area contributed by atoms with Crippen molar-refractivity contribution in [2.45, 2.75) is 4.90 Å². The summed E-state index contributed by atoms with van der Waals surface area (Å²) < 4.78 is 2.08. The van der Waals surface area contributed by atoms with E-state index in [1.807, 2.05) is 43.6 Å². The van der Waals surface area contributed by atoms with Crippen LogP contribution in [0, 0.1) is 10.1 Å². The number of hydrogen-bond acceptors (Lipinski definition) is 3. The Morgan fingerprint density at radius 1 is 1.16 bits per heavy atom. The number of aryl methyl sites for hydroxylation is 1. The van der Waals surface area contributed by atoms with Gasteiger partial charge in [-0.05, 0) is 18.4 Å². The minimum absolute atomic E-state index is 0.177. The molecule has 3 rings (SSSR count). The molecule has 3 aromatic rings. The second kappa shape index (κ2) is 4.28. The van der Waals surface area contributed by atoms with Crippen LogP contribution in [0.15, 0.2) is 41.3 Å². The third-order valence-corrected chi connectivity index (χ3v) is 4.18. The van der Waals surface area contributed by atoms with Crippen LogP contribution in [-0.4, -0.2) is 15.7 Å². The highest BCUT2D eigenvalue weighted by molar-refractivity contribution is 7.98. The molecule has 0 spiro atoms. The number of nitro groups is 1. The van der Waals surface area contributed by atoms with E-state index in [1.54, 1.807) is 6.07 Å². The third-order valence-electron chi connectivity index (χ3n) is 3.41. The maximum atomic E-state index is 11.2. The van der Waals surface area contributed by atoms with E-state index in [2.05, 4.69) is 4.57 Å². The van der Waals surface area contributed by atoms with Gasteiger partial charge < -0.3 is 4.57 Å². The molecule has 0 bridgehead atoms. The first kappa shape index (κ1) is 12.0. The van der Waals surface area contributed by atoms with Crippen molar-refractivity contribution in [3.63, 3.8) is 0 Å². The first-order valence-corrected chi connectivity index (χ1v) is 7.05. The molecule has 0 radical (unpaired) electrons. The van der Waals surface area contributed by atoms with Crippen molar-refractivity contribution < 1.29 is 4.92 Å². The molecule has 0 unspecified atom stereocenters. The van der Waals surface area contributed by atoms with Crippen LogP contribution in [0.4, 0.5) is 5.69 Å². The van der Waals surface area contributed by atoms with Gasteiger partial charge in [-0.3, -0.25) is 10.1 Å². The molecular formula is C14H12N2O2S. The summed E-state index contributed by atoms with van der Waals surface area (Å²) in [5.41, 5.74) is 2.29. The lowest BCUT2D eigenvalue weighted by Gasteiger charge is -2.02. The van der Waals surface area contributed by atoms with Crippen LogP contribution in [0.25, 0.3) is 21.8 Å². The topological polar surface area (TPSA) is 48.1 Å². The molecule has 0 atom stereocenters. The summed E-state index contributed by atoms with van der Waals surface area (Å²) in [5, 5.41) is 13.1. The van der Waals surface area contributed by atoms with Gasteiger partial charge >= 0.3 is 0 Å². The summed E-state index contributed by atoms with van der Waals surface area (Å²) >= 11 is 1.40. The van der Waals surface area contributed by atoms with Crippen molar-refractivity contribution >= 4 is 39.3 Å². The van der Waals surface area contributed by atoms with Gasteiger partial charge in [-0.25, -0.2) is 0 Å². The van der Waals surface area contributed by atoms with Gasteiger partial charge in [0.2, 0.25) is 0 Å². The fourth-order valence-corrected chi connectivity index (χ4v) is 3.05. The molecule has 2 aromatic carbocycles. The van der Waals surface area contributed by atoms with Gasteiger partial charge in [0.25, 0.3) is 5.69 Å². The standard InChI is InChI=1S/C14H12N2O2S/c1-15-11-6-4-3-5-9(11)10-7-13(16(17)18)14(19-2)8-12(10)15/h3-8H,1-2H3. The normalized spacial score (nSPS) is 11.3. The zero-order valence-corrected chi connectivity index (χ0v) is 11.4. The molecule has 0 saturated carbocycles. The zero-order chi connectivity index (χ0) is 13.6. The van der Waals surface area contributed by atoms with Crippen LogP contribution < -0.4 is 0 Å². The van der Waals surface area contributed by atoms with E-state index in [-0.39, 0.29) is 10.6 Å². The van der Waals surface area contributed by atoms with Gasteiger partial charge in [0, 0.05) is 29.4 Å². The van der Waals surface area contributed by atoms with E-state index in [9.17, 15) is 10.1 Å². The van der Waals surface area contributed by atoms with E-state index >= 15 is 0 Å². The molecule has 0 aliphatic heterocycles. The fourth-order valence-electron chi connectivity index (χ4n) is 2.48. The van der Waals surface area contributed by atoms with Gasteiger partial charge in [0.1, 0.15) is 0 Å². The Hall–Kier alpha value is -2.01. The van der Waals surface area contributed by atoms with Crippen LogP contribution in [0.3, 0.4) is 0 Å². The van der Waals surface area contributed by atoms with Gasteiger partial charge in [-0.1, -0.05) is 18.2 Å². The number of aromatic nitrogens is 1. The summed E-state index contributed by atoms with van der Waals surface area (Å²) in [6, 6.07) is 11.5. The number of thioether (sulfide) groups is 1. The smallest absolute Gasteiger partial charge is 0.283 e. The molecule has 0 saturated heterocycles. The summed E-state index contributed by atoms with van der Waals surface area (Å²) in [6.45, 7) is 0. The zero-order valence-electron chi connectivity index (χ0n) is 10.6.